The van der Waals surface area contributed by atoms with Gasteiger partial charge in [0.2, 0.25) is 10.0 Å². The predicted molar refractivity (Wildman–Crippen MR) is 72.1 cm³/mol. The highest BCUT2D eigenvalue weighted by molar-refractivity contribution is 7.89. The van der Waals surface area contributed by atoms with E-state index < -0.39 is 31.4 Å². The Morgan fingerprint density at radius 3 is 2.65 bits per heavy atom. The minimum Gasteiger partial charge on any atom is -0.393 e. The van der Waals surface area contributed by atoms with Crippen molar-refractivity contribution >= 4 is 21.4 Å². The molecule has 0 saturated heterocycles. The van der Waals surface area contributed by atoms with E-state index in [1.54, 1.807) is 6.92 Å². The Hall–Kier alpha value is -2.18. The number of anilines is 1. The fraction of sp³-hybridized carbons (Fsp3) is 0.364. The zero-order valence-electron chi connectivity index (χ0n) is 11.0. The molecule has 8 nitrogen and oxygen atoms in total. The number of nitrogens with zero attached hydrogens (tertiary/aromatic N) is 3. The van der Waals surface area contributed by atoms with Crippen LogP contribution in [0.4, 0.5) is 11.4 Å². The third-order valence-electron chi connectivity index (χ3n) is 2.65. The fourth-order valence-electron chi connectivity index (χ4n) is 1.64. The molecule has 2 N–H and O–H groups in total. The SMILES string of the molecule is CC(C#N)CN(C)S(=O)(=O)c1cccc(N)c1[N+](=O)[O-]. The molecule has 0 saturated carbocycles. The van der Waals surface area contributed by atoms with Gasteiger partial charge in [-0.25, -0.2) is 8.42 Å². The van der Waals surface area contributed by atoms with Crippen molar-refractivity contribution in [3.8, 4) is 6.07 Å². The number of benzene rings is 1. The number of sulfonamides is 1. The van der Waals surface area contributed by atoms with Crippen molar-refractivity contribution in [2.45, 2.75) is 11.8 Å². The van der Waals surface area contributed by atoms with E-state index in [1.165, 1.54) is 19.2 Å². The Morgan fingerprint density at radius 1 is 1.55 bits per heavy atom. The number of para-hydroxylation sites is 1. The number of hydrogen-bond acceptors (Lipinski definition) is 6. The largest absolute Gasteiger partial charge is 0.393 e. The van der Waals surface area contributed by atoms with Gasteiger partial charge in [-0.1, -0.05) is 6.07 Å². The fourth-order valence-corrected chi connectivity index (χ4v) is 3.08. The van der Waals surface area contributed by atoms with Crippen LogP contribution in [0.1, 0.15) is 6.92 Å². The minimum atomic E-state index is -4.08. The molecular formula is C11H14N4O4S. The average Bonchev–Trinajstić information content (AvgIpc) is 2.37. The summed E-state index contributed by atoms with van der Waals surface area (Å²) in [6.07, 6.45) is 0. The third-order valence-corrected chi connectivity index (χ3v) is 4.51. The van der Waals surface area contributed by atoms with Gasteiger partial charge in [-0.3, -0.25) is 10.1 Å². The van der Waals surface area contributed by atoms with Crippen LogP contribution in [-0.2, 0) is 10.0 Å². The summed E-state index contributed by atoms with van der Waals surface area (Å²) in [4.78, 5) is 9.67. The number of nitro benzene ring substituents is 1. The standard InChI is InChI=1S/C11H14N4O4S/c1-8(6-12)7-14(2)20(18,19)10-5-3-4-9(13)11(10)15(16)17/h3-5,8H,7,13H2,1-2H3. The molecule has 0 spiro atoms. The lowest BCUT2D eigenvalue weighted by molar-refractivity contribution is -0.386. The summed E-state index contributed by atoms with van der Waals surface area (Å²) in [6, 6.07) is 5.61. The van der Waals surface area contributed by atoms with Gasteiger partial charge in [0, 0.05) is 13.6 Å². The second-order valence-corrected chi connectivity index (χ2v) is 6.28. The number of hydrogen-bond donors (Lipinski definition) is 1. The normalized spacial score (nSPS) is 12.9. The number of nitriles is 1. The first-order valence-corrected chi connectivity index (χ1v) is 7.04. The van der Waals surface area contributed by atoms with Gasteiger partial charge in [0.15, 0.2) is 4.90 Å². The van der Waals surface area contributed by atoms with Crippen LogP contribution >= 0.6 is 0 Å². The van der Waals surface area contributed by atoms with E-state index in [2.05, 4.69) is 0 Å². The molecule has 0 amide bonds. The van der Waals surface area contributed by atoms with Crippen LogP contribution in [0.2, 0.25) is 0 Å². The second-order valence-electron chi connectivity index (χ2n) is 4.27. The minimum absolute atomic E-state index is 0.0647. The van der Waals surface area contributed by atoms with E-state index in [9.17, 15) is 18.5 Å². The molecule has 1 rings (SSSR count). The van der Waals surface area contributed by atoms with Gasteiger partial charge in [-0.05, 0) is 19.1 Å². The van der Waals surface area contributed by atoms with Crippen molar-refractivity contribution in [1.29, 1.82) is 5.26 Å². The molecule has 0 radical (unpaired) electrons. The van der Waals surface area contributed by atoms with Crippen LogP contribution in [0.15, 0.2) is 23.1 Å². The van der Waals surface area contributed by atoms with Gasteiger partial charge < -0.3 is 5.73 Å². The number of nitrogen functional groups attached to an aromatic ring is 1. The summed E-state index contributed by atoms with van der Waals surface area (Å²) in [6.45, 7) is 1.49. The van der Waals surface area contributed by atoms with Crippen molar-refractivity contribution in [1.82, 2.24) is 4.31 Å². The molecule has 1 atom stereocenters. The molecule has 1 aromatic rings. The Labute approximate surface area is 116 Å². The molecule has 0 aliphatic carbocycles. The van der Waals surface area contributed by atoms with Crippen molar-refractivity contribution in [2.75, 3.05) is 19.3 Å². The van der Waals surface area contributed by atoms with Crippen LogP contribution in [0.3, 0.4) is 0 Å². The van der Waals surface area contributed by atoms with Crippen LogP contribution in [0, 0.1) is 27.4 Å². The first kappa shape index (κ1) is 15.9. The van der Waals surface area contributed by atoms with E-state index in [0.29, 0.717) is 0 Å². The molecule has 1 unspecified atom stereocenters. The van der Waals surface area contributed by atoms with Gasteiger partial charge in [-0.2, -0.15) is 9.57 Å². The van der Waals surface area contributed by atoms with Crippen LogP contribution in [0.25, 0.3) is 0 Å². The van der Waals surface area contributed by atoms with Gasteiger partial charge in [-0.15, -0.1) is 0 Å². The molecule has 0 aliphatic heterocycles. The molecule has 0 bridgehead atoms. The lowest BCUT2D eigenvalue weighted by Gasteiger charge is -2.18. The lowest BCUT2D eigenvalue weighted by Crippen LogP contribution is -2.31. The quantitative estimate of drug-likeness (QED) is 0.489. The molecule has 0 aliphatic rings. The van der Waals surface area contributed by atoms with Crippen LogP contribution in [-0.4, -0.2) is 31.2 Å². The Bertz CT molecular complexity index is 665. The molecule has 0 heterocycles. The van der Waals surface area contributed by atoms with Gasteiger partial charge >= 0.3 is 5.69 Å². The molecule has 0 fully saturated rings. The van der Waals surface area contributed by atoms with Crippen molar-refractivity contribution in [3.05, 3.63) is 28.3 Å². The van der Waals surface area contributed by atoms with Gasteiger partial charge in [0.1, 0.15) is 5.69 Å². The molecule has 0 aromatic heterocycles. The van der Waals surface area contributed by atoms with E-state index in [0.717, 1.165) is 10.4 Å². The van der Waals surface area contributed by atoms with Crippen LogP contribution in [0.5, 0.6) is 0 Å². The van der Waals surface area contributed by atoms with E-state index >= 15 is 0 Å². The average molecular weight is 298 g/mol. The maximum absolute atomic E-state index is 12.3. The van der Waals surface area contributed by atoms with Crippen molar-refractivity contribution < 1.29 is 13.3 Å². The zero-order chi connectivity index (χ0) is 15.5. The summed E-state index contributed by atoms with van der Waals surface area (Å²) in [5, 5.41) is 19.7. The van der Waals surface area contributed by atoms with Crippen LogP contribution < -0.4 is 5.73 Å². The highest BCUT2D eigenvalue weighted by atomic mass is 32.2. The first-order valence-electron chi connectivity index (χ1n) is 5.60. The van der Waals surface area contributed by atoms with E-state index in [1.807, 2.05) is 6.07 Å². The van der Waals surface area contributed by atoms with Gasteiger partial charge in [0.05, 0.1) is 16.9 Å². The molecule has 1 aromatic carbocycles. The predicted octanol–water partition coefficient (Wildman–Crippen LogP) is 0.957. The summed E-state index contributed by atoms with van der Waals surface area (Å²) in [7, 11) is -2.82. The maximum Gasteiger partial charge on any atom is 0.312 e. The summed E-state index contributed by atoms with van der Waals surface area (Å²) in [5.74, 6) is -0.533. The summed E-state index contributed by atoms with van der Waals surface area (Å²) < 4.78 is 25.5. The Balaban J connectivity index is 3.34. The molecular weight excluding hydrogens is 284 g/mol. The lowest BCUT2D eigenvalue weighted by atomic mass is 10.2. The topological polar surface area (TPSA) is 130 Å². The molecule has 108 valence electrons. The van der Waals surface area contributed by atoms with Crippen molar-refractivity contribution in [2.24, 2.45) is 5.92 Å². The Kier molecular flexibility index (Phi) is 4.65. The number of nitrogens with two attached hydrogens (primary N) is 1. The first-order chi connectivity index (χ1) is 9.21. The summed E-state index contributed by atoms with van der Waals surface area (Å²) >= 11 is 0. The Morgan fingerprint density at radius 2 is 2.15 bits per heavy atom. The highest BCUT2D eigenvalue weighted by Gasteiger charge is 2.31. The summed E-state index contributed by atoms with van der Waals surface area (Å²) in [5.41, 5.74) is 4.60. The third kappa shape index (κ3) is 3.04. The van der Waals surface area contributed by atoms with E-state index in [-0.39, 0.29) is 12.2 Å². The number of nitro groups is 1. The van der Waals surface area contributed by atoms with Crippen molar-refractivity contribution in [3.63, 3.8) is 0 Å². The highest BCUT2D eigenvalue weighted by Crippen LogP contribution is 2.31. The maximum atomic E-state index is 12.3. The number of rotatable bonds is 5. The monoisotopic (exact) mass is 298 g/mol. The zero-order valence-corrected chi connectivity index (χ0v) is 11.8. The molecule has 20 heavy (non-hydrogen) atoms. The molecule has 9 heteroatoms. The van der Waals surface area contributed by atoms with E-state index in [4.69, 9.17) is 11.0 Å². The van der Waals surface area contributed by atoms with Gasteiger partial charge in [0.25, 0.3) is 0 Å². The smallest absolute Gasteiger partial charge is 0.312 e. The second kappa shape index (κ2) is 5.85.